The number of nitrogens with zero attached hydrogens (tertiary/aromatic N) is 2. The molecule has 0 radical (unpaired) electrons. The van der Waals surface area contributed by atoms with Crippen LogP contribution in [0.4, 0.5) is 0 Å². The Hall–Kier alpha value is -1.39. The molecule has 1 atom stereocenters. The fourth-order valence-electron chi connectivity index (χ4n) is 4.39. The standard InChI is InChI=1S/C21H32N2O2/c1-2-21(17-24)11-6-12-23(16-21)20(25)15-22-13-9-19(10-14-22)18-7-4-3-5-8-18/h3-5,7-8,19,24H,2,6,9-17H2,1H3. The van der Waals surface area contributed by atoms with Crippen molar-refractivity contribution in [2.24, 2.45) is 5.41 Å². The Balaban J connectivity index is 1.49. The van der Waals surface area contributed by atoms with E-state index >= 15 is 0 Å². The number of aliphatic hydroxyl groups excluding tert-OH is 1. The zero-order valence-corrected chi connectivity index (χ0v) is 15.5. The van der Waals surface area contributed by atoms with Gasteiger partial charge in [0.25, 0.3) is 0 Å². The second-order valence-corrected chi connectivity index (χ2v) is 7.89. The number of hydrogen-bond donors (Lipinski definition) is 1. The Morgan fingerprint density at radius 1 is 1.20 bits per heavy atom. The van der Waals surface area contributed by atoms with Crippen LogP contribution in [-0.2, 0) is 4.79 Å². The number of amides is 1. The molecule has 25 heavy (non-hydrogen) atoms. The van der Waals surface area contributed by atoms with Gasteiger partial charge in [-0.15, -0.1) is 0 Å². The summed E-state index contributed by atoms with van der Waals surface area (Å²) in [6.45, 7) is 6.41. The van der Waals surface area contributed by atoms with E-state index < -0.39 is 0 Å². The number of rotatable bonds is 5. The molecule has 1 unspecified atom stereocenters. The van der Waals surface area contributed by atoms with Gasteiger partial charge in [0.15, 0.2) is 0 Å². The molecule has 1 amide bonds. The van der Waals surface area contributed by atoms with E-state index in [0.717, 1.165) is 58.3 Å². The zero-order chi connectivity index (χ0) is 17.7. The summed E-state index contributed by atoms with van der Waals surface area (Å²) < 4.78 is 0. The highest BCUT2D eigenvalue weighted by atomic mass is 16.3. The third kappa shape index (κ3) is 4.42. The average Bonchev–Trinajstić information content (AvgIpc) is 2.69. The van der Waals surface area contributed by atoms with Crippen molar-refractivity contribution in [3.05, 3.63) is 35.9 Å². The molecule has 2 aliphatic rings. The topological polar surface area (TPSA) is 43.8 Å². The SMILES string of the molecule is CCC1(CO)CCCN(C(=O)CN2CCC(c3ccccc3)CC2)C1. The first-order valence-corrected chi connectivity index (χ1v) is 9.82. The lowest BCUT2D eigenvalue weighted by Crippen LogP contribution is -2.51. The van der Waals surface area contributed by atoms with Crippen LogP contribution in [0.25, 0.3) is 0 Å². The fraction of sp³-hybridized carbons (Fsp3) is 0.667. The fourth-order valence-corrected chi connectivity index (χ4v) is 4.39. The molecule has 2 saturated heterocycles. The second-order valence-electron chi connectivity index (χ2n) is 7.89. The molecule has 4 heteroatoms. The first kappa shape index (κ1) is 18.4. The minimum absolute atomic E-state index is 0.0752. The number of piperidine rings is 2. The summed E-state index contributed by atoms with van der Waals surface area (Å²) >= 11 is 0. The minimum Gasteiger partial charge on any atom is -0.396 e. The van der Waals surface area contributed by atoms with Crippen molar-refractivity contribution in [3.8, 4) is 0 Å². The van der Waals surface area contributed by atoms with E-state index in [0.29, 0.717) is 12.5 Å². The lowest BCUT2D eigenvalue weighted by atomic mass is 9.78. The van der Waals surface area contributed by atoms with E-state index in [1.54, 1.807) is 0 Å². The number of hydrogen-bond acceptors (Lipinski definition) is 3. The van der Waals surface area contributed by atoms with E-state index in [1.165, 1.54) is 5.56 Å². The summed E-state index contributed by atoms with van der Waals surface area (Å²) in [5.41, 5.74) is 1.36. The molecule has 0 saturated carbocycles. The van der Waals surface area contributed by atoms with Gasteiger partial charge in [0, 0.05) is 18.5 Å². The van der Waals surface area contributed by atoms with E-state index in [4.69, 9.17) is 0 Å². The van der Waals surface area contributed by atoms with Crippen LogP contribution in [0.2, 0.25) is 0 Å². The lowest BCUT2D eigenvalue weighted by Gasteiger charge is -2.42. The summed E-state index contributed by atoms with van der Waals surface area (Å²) in [6.07, 6.45) is 5.25. The molecule has 138 valence electrons. The number of carbonyl (C=O) groups is 1. The highest BCUT2D eigenvalue weighted by Crippen LogP contribution is 2.33. The van der Waals surface area contributed by atoms with Gasteiger partial charge in [0.05, 0.1) is 13.2 Å². The molecule has 0 bridgehead atoms. The maximum absolute atomic E-state index is 12.7. The molecule has 0 spiro atoms. The van der Waals surface area contributed by atoms with Gasteiger partial charge in [-0.1, -0.05) is 37.3 Å². The van der Waals surface area contributed by atoms with Gasteiger partial charge in [-0.3, -0.25) is 9.69 Å². The normalized spacial score (nSPS) is 25.9. The molecular formula is C21H32N2O2. The van der Waals surface area contributed by atoms with Gasteiger partial charge in [-0.05, 0) is 56.7 Å². The Labute approximate surface area is 151 Å². The van der Waals surface area contributed by atoms with Crippen LogP contribution in [-0.4, -0.2) is 60.1 Å². The smallest absolute Gasteiger partial charge is 0.236 e. The van der Waals surface area contributed by atoms with E-state index in [-0.39, 0.29) is 17.9 Å². The van der Waals surface area contributed by atoms with Crippen LogP contribution in [0.5, 0.6) is 0 Å². The molecule has 4 nitrogen and oxygen atoms in total. The van der Waals surface area contributed by atoms with Crippen LogP contribution in [0, 0.1) is 5.41 Å². The van der Waals surface area contributed by atoms with Gasteiger partial charge in [-0.25, -0.2) is 0 Å². The summed E-state index contributed by atoms with van der Waals surface area (Å²) in [5, 5.41) is 9.75. The number of benzene rings is 1. The molecular weight excluding hydrogens is 312 g/mol. The second kappa shape index (κ2) is 8.33. The Kier molecular flexibility index (Phi) is 6.13. The lowest BCUT2D eigenvalue weighted by molar-refractivity contribution is -0.137. The molecule has 1 aromatic rings. The van der Waals surface area contributed by atoms with Crippen LogP contribution >= 0.6 is 0 Å². The van der Waals surface area contributed by atoms with Crippen molar-refractivity contribution in [1.29, 1.82) is 0 Å². The third-order valence-electron chi connectivity index (χ3n) is 6.32. The third-order valence-corrected chi connectivity index (χ3v) is 6.32. The summed E-state index contributed by atoms with van der Waals surface area (Å²) in [7, 11) is 0. The predicted molar refractivity (Wildman–Crippen MR) is 100 cm³/mol. The monoisotopic (exact) mass is 344 g/mol. The first-order valence-electron chi connectivity index (χ1n) is 9.82. The van der Waals surface area contributed by atoms with Gasteiger partial charge in [-0.2, -0.15) is 0 Å². The number of carbonyl (C=O) groups excluding carboxylic acids is 1. The van der Waals surface area contributed by atoms with Gasteiger partial charge < -0.3 is 10.0 Å². The number of likely N-dealkylation sites (tertiary alicyclic amines) is 2. The van der Waals surface area contributed by atoms with Crippen molar-refractivity contribution < 1.29 is 9.90 Å². The summed E-state index contributed by atoms with van der Waals surface area (Å²) in [4.78, 5) is 17.0. The highest BCUT2D eigenvalue weighted by molar-refractivity contribution is 5.78. The highest BCUT2D eigenvalue weighted by Gasteiger charge is 2.35. The molecule has 1 N–H and O–H groups in total. The summed E-state index contributed by atoms with van der Waals surface area (Å²) in [6, 6.07) is 10.7. The maximum atomic E-state index is 12.7. The van der Waals surface area contributed by atoms with Crippen molar-refractivity contribution in [3.63, 3.8) is 0 Å². The molecule has 3 rings (SSSR count). The van der Waals surface area contributed by atoms with Crippen molar-refractivity contribution in [2.75, 3.05) is 39.3 Å². The summed E-state index contributed by atoms with van der Waals surface area (Å²) in [5.74, 6) is 0.869. The zero-order valence-electron chi connectivity index (χ0n) is 15.5. The Morgan fingerprint density at radius 2 is 1.92 bits per heavy atom. The van der Waals surface area contributed by atoms with Crippen molar-refractivity contribution in [2.45, 2.75) is 44.9 Å². The Bertz CT molecular complexity index is 548. The molecule has 0 aromatic heterocycles. The van der Waals surface area contributed by atoms with Crippen LogP contribution < -0.4 is 0 Å². The molecule has 2 heterocycles. The van der Waals surface area contributed by atoms with Crippen LogP contribution in [0.15, 0.2) is 30.3 Å². The maximum Gasteiger partial charge on any atom is 0.236 e. The van der Waals surface area contributed by atoms with Crippen LogP contribution in [0.1, 0.15) is 50.5 Å². The Morgan fingerprint density at radius 3 is 2.56 bits per heavy atom. The largest absolute Gasteiger partial charge is 0.396 e. The van der Waals surface area contributed by atoms with Gasteiger partial charge in [0.2, 0.25) is 5.91 Å². The van der Waals surface area contributed by atoms with E-state index in [1.807, 2.05) is 4.90 Å². The van der Waals surface area contributed by atoms with Crippen LogP contribution in [0.3, 0.4) is 0 Å². The van der Waals surface area contributed by atoms with Crippen molar-refractivity contribution in [1.82, 2.24) is 9.80 Å². The minimum atomic E-state index is -0.0752. The quantitative estimate of drug-likeness (QED) is 0.893. The predicted octanol–water partition coefficient (Wildman–Crippen LogP) is 2.88. The average molecular weight is 344 g/mol. The molecule has 1 aromatic carbocycles. The van der Waals surface area contributed by atoms with Crippen molar-refractivity contribution >= 4 is 5.91 Å². The first-order chi connectivity index (χ1) is 12.2. The van der Waals surface area contributed by atoms with E-state index in [9.17, 15) is 9.90 Å². The molecule has 2 aliphatic heterocycles. The molecule has 0 aliphatic carbocycles. The van der Waals surface area contributed by atoms with Gasteiger partial charge >= 0.3 is 0 Å². The van der Waals surface area contributed by atoms with E-state index in [2.05, 4.69) is 42.2 Å². The van der Waals surface area contributed by atoms with Gasteiger partial charge in [0.1, 0.15) is 0 Å². The molecule has 2 fully saturated rings. The number of aliphatic hydroxyl groups is 1.